The molecule has 0 saturated carbocycles. The van der Waals surface area contributed by atoms with Gasteiger partial charge in [-0.1, -0.05) is 0 Å². The zero-order chi connectivity index (χ0) is 5.98. The predicted octanol–water partition coefficient (Wildman–Crippen LogP) is -0.721. The minimum Gasteiger partial charge on any atom is -0.382 e. The summed E-state index contributed by atoms with van der Waals surface area (Å²) in [6, 6.07) is 1.81. The minimum atomic E-state index is 0.255. The largest absolute Gasteiger partial charge is 0.382 e. The predicted molar refractivity (Wildman–Crippen MR) is 29.5 cm³/mol. The zero-order valence-electron chi connectivity index (χ0n) is 4.13. The molecule has 0 radical (unpaired) electrons. The highest BCUT2D eigenvalue weighted by Crippen LogP contribution is 1.88. The molecule has 0 aromatic heterocycles. The molecule has 0 aliphatic carbocycles. The molecular weight excluding hydrogens is 104 g/mol. The van der Waals surface area contributed by atoms with Crippen LogP contribution in [0.25, 0.3) is 0 Å². The van der Waals surface area contributed by atoms with Crippen molar-refractivity contribution in [1.29, 1.82) is 5.26 Å². The summed E-state index contributed by atoms with van der Waals surface area (Å²) in [5.74, 6) is 0.257. The SMILES string of the molecule is N#CC1=NCN=C1N. The van der Waals surface area contributed by atoms with Crippen LogP contribution < -0.4 is 5.73 Å². The molecule has 1 rings (SSSR count). The van der Waals surface area contributed by atoms with Crippen LogP contribution in [-0.2, 0) is 0 Å². The summed E-state index contributed by atoms with van der Waals surface area (Å²) in [5, 5.41) is 8.19. The topological polar surface area (TPSA) is 74.5 Å². The molecule has 1 aliphatic heterocycles. The first kappa shape index (κ1) is 4.78. The maximum atomic E-state index is 8.19. The number of nitriles is 1. The fourth-order valence-corrected chi connectivity index (χ4v) is 0.431. The van der Waals surface area contributed by atoms with Gasteiger partial charge >= 0.3 is 0 Å². The average molecular weight is 108 g/mol. The molecule has 4 heteroatoms. The van der Waals surface area contributed by atoms with Gasteiger partial charge in [0.1, 0.15) is 12.7 Å². The maximum absolute atomic E-state index is 8.19. The van der Waals surface area contributed by atoms with Crippen molar-refractivity contribution in [1.82, 2.24) is 0 Å². The van der Waals surface area contributed by atoms with Crippen molar-refractivity contribution in [3.8, 4) is 6.07 Å². The molecule has 40 valence electrons. The third-order valence-corrected chi connectivity index (χ3v) is 0.818. The molecule has 0 amide bonds. The summed E-state index contributed by atoms with van der Waals surface area (Å²) in [6.07, 6.45) is 0. The van der Waals surface area contributed by atoms with Crippen molar-refractivity contribution < 1.29 is 0 Å². The molecule has 4 nitrogen and oxygen atoms in total. The van der Waals surface area contributed by atoms with E-state index in [1.165, 1.54) is 0 Å². The standard InChI is InChI=1S/C4H4N4/c5-1-3-4(6)8-2-7-3/h2H2,(H2,6,8). The molecule has 0 atom stereocenters. The molecule has 0 unspecified atom stereocenters. The van der Waals surface area contributed by atoms with Gasteiger partial charge in [-0.3, -0.25) is 0 Å². The van der Waals surface area contributed by atoms with Crippen molar-refractivity contribution in [3.63, 3.8) is 0 Å². The van der Waals surface area contributed by atoms with Crippen molar-refractivity contribution in [3.05, 3.63) is 0 Å². The first-order chi connectivity index (χ1) is 3.84. The van der Waals surface area contributed by atoms with E-state index in [1.807, 2.05) is 6.07 Å². The Morgan fingerprint density at radius 1 is 1.62 bits per heavy atom. The fraction of sp³-hybridized carbons (Fsp3) is 0.250. The summed E-state index contributed by atoms with van der Waals surface area (Å²) >= 11 is 0. The van der Waals surface area contributed by atoms with E-state index >= 15 is 0 Å². The Labute approximate surface area is 46.4 Å². The van der Waals surface area contributed by atoms with E-state index in [9.17, 15) is 0 Å². The fourth-order valence-electron chi connectivity index (χ4n) is 0.431. The van der Waals surface area contributed by atoms with E-state index in [2.05, 4.69) is 9.98 Å². The number of amidine groups is 1. The van der Waals surface area contributed by atoms with E-state index in [1.54, 1.807) is 0 Å². The number of aliphatic imine (C=N–C) groups is 2. The normalized spacial score (nSPS) is 16.9. The molecule has 8 heavy (non-hydrogen) atoms. The Hall–Kier alpha value is -1.37. The summed E-state index contributed by atoms with van der Waals surface area (Å²) in [7, 11) is 0. The monoisotopic (exact) mass is 108 g/mol. The van der Waals surface area contributed by atoms with Gasteiger partial charge < -0.3 is 5.73 Å². The lowest BCUT2D eigenvalue weighted by Gasteiger charge is -1.80. The first-order valence-electron chi connectivity index (χ1n) is 2.09. The lowest BCUT2D eigenvalue weighted by molar-refractivity contribution is 1.10. The quantitative estimate of drug-likeness (QED) is 0.444. The van der Waals surface area contributed by atoms with Gasteiger partial charge in [0.2, 0.25) is 0 Å². The number of hydrogen-bond donors (Lipinski definition) is 1. The zero-order valence-corrected chi connectivity index (χ0v) is 4.13. The Morgan fingerprint density at radius 3 is 2.62 bits per heavy atom. The second-order valence-corrected chi connectivity index (χ2v) is 1.30. The Kier molecular flexibility index (Phi) is 0.968. The van der Waals surface area contributed by atoms with Crippen LogP contribution in [0.3, 0.4) is 0 Å². The van der Waals surface area contributed by atoms with Gasteiger partial charge in [-0.25, -0.2) is 9.98 Å². The first-order valence-corrected chi connectivity index (χ1v) is 2.09. The lowest BCUT2D eigenvalue weighted by atomic mass is 10.4. The maximum Gasteiger partial charge on any atom is 0.179 e. The summed E-state index contributed by atoms with van der Waals surface area (Å²) in [6.45, 7) is 0.314. The third-order valence-electron chi connectivity index (χ3n) is 0.818. The molecule has 0 aromatic carbocycles. The van der Waals surface area contributed by atoms with Crippen molar-refractivity contribution in [2.75, 3.05) is 6.67 Å². The Morgan fingerprint density at radius 2 is 2.38 bits per heavy atom. The molecule has 1 aliphatic rings. The average Bonchev–Trinajstić information content (AvgIpc) is 2.14. The lowest BCUT2D eigenvalue weighted by Crippen LogP contribution is -2.18. The van der Waals surface area contributed by atoms with Crippen LogP contribution in [-0.4, -0.2) is 18.2 Å². The summed E-state index contributed by atoms with van der Waals surface area (Å²) in [4.78, 5) is 7.32. The minimum absolute atomic E-state index is 0.255. The van der Waals surface area contributed by atoms with Gasteiger partial charge in [0, 0.05) is 0 Å². The Bertz CT molecular complexity index is 195. The van der Waals surface area contributed by atoms with E-state index in [4.69, 9.17) is 11.0 Å². The van der Waals surface area contributed by atoms with Crippen LogP contribution in [0.2, 0.25) is 0 Å². The third kappa shape index (κ3) is 0.540. The van der Waals surface area contributed by atoms with E-state index < -0.39 is 0 Å². The summed E-state index contributed by atoms with van der Waals surface area (Å²) < 4.78 is 0. The van der Waals surface area contributed by atoms with Gasteiger partial charge in [0.25, 0.3) is 0 Å². The van der Waals surface area contributed by atoms with Crippen LogP contribution in [0.4, 0.5) is 0 Å². The van der Waals surface area contributed by atoms with Crippen molar-refractivity contribution in [2.24, 2.45) is 15.7 Å². The van der Waals surface area contributed by atoms with E-state index in [0.717, 1.165) is 0 Å². The van der Waals surface area contributed by atoms with Crippen LogP contribution in [0, 0.1) is 11.3 Å². The van der Waals surface area contributed by atoms with Crippen LogP contribution >= 0.6 is 0 Å². The van der Waals surface area contributed by atoms with Gasteiger partial charge in [0.15, 0.2) is 11.5 Å². The molecule has 0 bridgehead atoms. The molecule has 0 aromatic rings. The van der Waals surface area contributed by atoms with E-state index in [0.29, 0.717) is 6.67 Å². The molecule has 0 saturated heterocycles. The number of nitrogens with two attached hydrogens (primary N) is 1. The highest BCUT2D eigenvalue weighted by atomic mass is 15.0. The van der Waals surface area contributed by atoms with Gasteiger partial charge in [0.05, 0.1) is 0 Å². The number of hydrogen-bond acceptors (Lipinski definition) is 4. The molecule has 0 fully saturated rings. The van der Waals surface area contributed by atoms with Gasteiger partial charge in [-0.15, -0.1) is 0 Å². The molecule has 1 heterocycles. The smallest absolute Gasteiger partial charge is 0.179 e. The van der Waals surface area contributed by atoms with Crippen LogP contribution in [0.15, 0.2) is 9.98 Å². The molecule has 0 spiro atoms. The number of nitrogens with zero attached hydrogens (tertiary/aromatic N) is 3. The highest BCUT2D eigenvalue weighted by molar-refractivity contribution is 6.47. The van der Waals surface area contributed by atoms with E-state index in [-0.39, 0.29) is 11.5 Å². The summed E-state index contributed by atoms with van der Waals surface area (Å²) in [5.41, 5.74) is 5.44. The van der Waals surface area contributed by atoms with Crippen molar-refractivity contribution >= 4 is 11.5 Å². The second kappa shape index (κ2) is 1.62. The van der Waals surface area contributed by atoms with Gasteiger partial charge in [-0.2, -0.15) is 5.26 Å². The van der Waals surface area contributed by atoms with Crippen LogP contribution in [0.1, 0.15) is 0 Å². The van der Waals surface area contributed by atoms with Crippen molar-refractivity contribution in [2.45, 2.75) is 0 Å². The highest BCUT2D eigenvalue weighted by Gasteiger charge is 2.06. The number of rotatable bonds is 0. The molecular formula is C4H4N4. The molecule has 2 N–H and O–H groups in total. The second-order valence-electron chi connectivity index (χ2n) is 1.30. The Balaban J connectivity index is 2.86. The van der Waals surface area contributed by atoms with Crippen LogP contribution in [0.5, 0.6) is 0 Å². The van der Waals surface area contributed by atoms with Gasteiger partial charge in [-0.05, 0) is 0 Å².